The molecule has 0 aliphatic rings. The van der Waals surface area contributed by atoms with Crippen LogP contribution in [0.2, 0.25) is 0 Å². The molecule has 0 atom stereocenters. The average Bonchev–Trinajstić information content (AvgIpc) is 1.89. The van der Waals surface area contributed by atoms with Crippen LogP contribution in [0.1, 0.15) is 25.7 Å². The minimum absolute atomic E-state index is 0.833. The van der Waals surface area contributed by atoms with E-state index in [9.17, 15) is 0 Å². The molecule has 0 aromatic carbocycles. The molecule has 56 valence electrons. The smallest absolute Gasteiger partial charge is 0.0223 e. The summed E-state index contributed by atoms with van der Waals surface area (Å²) < 4.78 is 0. The van der Waals surface area contributed by atoms with E-state index < -0.39 is 0 Å². The molecule has 9 heavy (non-hydrogen) atoms. The number of unbranched alkanes of at least 4 members (excludes halogenated alkanes) is 3. The van der Waals surface area contributed by atoms with Gasteiger partial charge in [-0.25, -0.2) is 0 Å². The maximum atomic E-state index is 5.51. The minimum Gasteiger partial charge on any atom is -0.165 e. The van der Waals surface area contributed by atoms with Crippen molar-refractivity contribution in [3.8, 4) is 0 Å². The normalized spacial score (nSPS) is 10.0. The van der Waals surface area contributed by atoms with Crippen molar-refractivity contribution in [1.29, 1.82) is 0 Å². The third-order valence-corrected chi connectivity index (χ3v) is 2.20. The molecule has 0 nitrogen and oxygen atoms in total. The van der Waals surface area contributed by atoms with Gasteiger partial charge in [-0.05, 0) is 24.9 Å². The molecule has 0 aliphatic heterocycles. The van der Waals surface area contributed by atoms with E-state index in [2.05, 4.69) is 6.26 Å². The Morgan fingerprint density at radius 2 is 1.78 bits per heavy atom. The van der Waals surface area contributed by atoms with Crippen molar-refractivity contribution in [2.24, 2.45) is 0 Å². The van der Waals surface area contributed by atoms with Crippen molar-refractivity contribution < 1.29 is 0 Å². The van der Waals surface area contributed by atoms with E-state index in [0.717, 1.165) is 5.88 Å². The molecule has 0 saturated carbocycles. The highest BCUT2D eigenvalue weighted by Gasteiger charge is 1.86. The molecule has 0 bridgehead atoms. The van der Waals surface area contributed by atoms with Crippen LogP contribution >= 0.6 is 23.4 Å². The van der Waals surface area contributed by atoms with Crippen LogP contribution in [0, 0.1) is 0 Å². The molecule has 0 amide bonds. The lowest BCUT2D eigenvalue weighted by atomic mass is 10.2. The summed E-state index contributed by atoms with van der Waals surface area (Å²) in [5, 5.41) is 0. The maximum absolute atomic E-state index is 5.51. The van der Waals surface area contributed by atoms with Crippen LogP contribution in [-0.2, 0) is 0 Å². The highest BCUT2D eigenvalue weighted by molar-refractivity contribution is 7.98. The Labute approximate surface area is 67.4 Å². The maximum Gasteiger partial charge on any atom is 0.0223 e. The summed E-state index contributed by atoms with van der Waals surface area (Å²) in [5.74, 6) is 2.14. The van der Waals surface area contributed by atoms with E-state index in [1.807, 2.05) is 11.8 Å². The van der Waals surface area contributed by atoms with Crippen LogP contribution in [0.3, 0.4) is 0 Å². The van der Waals surface area contributed by atoms with Crippen LogP contribution in [0.15, 0.2) is 0 Å². The van der Waals surface area contributed by atoms with E-state index in [-0.39, 0.29) is 0 Å². The van der Waals surface area contributed by atoms with Gasteiger partial charge in [0.25, 0.3) is 0 Å². The predicted molar refractivity (Wildman–Crippen MR) is 47.6 cm³/mol. The zero-order valence-corrected chi connectivity index (χ0v) is 7.60. The largest absolute Gasteiger partial charge is 0.165 e. The second kappa shape index (κ2) is 8.64. The van der Waals surface area contributed by atoms with E-state index in [1.54, 1.807) is 0 Å². The van der Waals surface area contributed by atoms with Gasteiger partial charge in [0, 0.05) is 5.88 Å². The lowest BCUT2D eigenvalue weighted by molar-refractivity contribution is 0.710. The lowest BCUT2D eigenvalue weighted by Crippen LogP contribution is -1.80. The van der Waals surface area contributed by atoms with E-state index >= 15 is 0 Å². The molecule has 0 spiro atoms. The van der Waals surface area contributed by atoms with Gasteiger partial charge in [-0.1, -0.05) is 12.8 Å². The highest BCUT2D eigenvalue weighted by Crippen LogP contribution is 2.04. The first-order chi connectivity index (χ1) is 4.41. The second-order valence-corrected chi connectivity index (χ2v) is 3.46. The molecule has 0 fully saturated rings. The summed E-state index contributed by atoms with van der Waals surface area (Å²) in [6.07, 6.45) is 7.37. The third kappa shape index (κ3) is 8.64. The van der Waals surface area contributed by atoms with Crippen LogP contribution in [0.25, 0.3) is 0 Å². The number of thioether (sulfide) groups is 1. The van der Waals surface area contributed by atoms with Crippen LogP contribution < -0.4 is 0 Å². The van der Waals surface area contributed by atoms with Crippen LogP contribution in [0.5, 0.6) is 0 Å². The molecule has 0 aliphatic carbocycles. The van der Waals surface area contributed by atoms with Crippen LogP contribution in [-0.4, -0.2) is 17.9 Å². The van der Waals surface area contributed by atoms with Crippen LogP contribution in [0.4, 0.5) is 0 Å². The Morgan fingerprint density at radius 3 is 2.33 bits per heavy atom. The minimum atomic E-state index is 0.833. The summed E-state index contributed by atoms with van der Waals surface area (Å²) in [5.41, 5.74) is 0. The molecule has 0 radical (unpaired) electrons. The number of hydrogen-bond acceptors (Lipinski definition) is 1. The van der Waals surface area contributed by atoms with Gasteiger partial charge < -0.3 is 0 Å². The van der Waals surface area contributed by atoms with Crippen molar-refractivity contribution in [3.63, 3.8) is 0 Å². The Hall–Kier alpha value is 0.640. The molecule has 0 unspecified atom stereocenters. The van der Waals surface area contributed by atoms with E-state index in [4.69, 9.17) is 11.6 Å². The third-order valence-electron chi connectivity index (χ3n) is 1.23. The van der Waals surface area contributed by atoms with E-state index in [1.165, 1.54) is 31.4 Å². The fourth-order valence-electron chi connectivity index (χ4n) is 0.694. The number of alkyl halides is 1. The standard InChI is InChI=1S/C7H15ClS/c1-9-7-5-3-2-4-6-8/h2-7H2,1H3. The topological polar surface area (TPSA) is 0 Å². The Kier molecular flexibility index (Phi) is 9.25. The summed E-state index contributed by atoms with van der Waals surface area (Å²) in [4.78, 5) is 0. The van der Waals surface area contributed by atoms with Crippen molar-refractivity contribution in [2.75, 3.05) is 17.9 Å². The fraction of sp³-hybridized carbons (Fsp3) is 1.00. The zero-order valence-electron chi connectivity index (χ0n) is 6.03. The first kappa shape index (κ1) is 9.64. The molecule has 0 N–H and O–H groups in total. The van der Waals surface area contributed by atoms with Crippen molar-refractivity contribution in [3.05, 3.63) is 0 Å². The Bertz CT molecular complexity index is 42.2. The van der Waals surface area contributed by atoms with Gasteiger partial charge in [0.05, 0.1) is 0 Å². The van der Waals surface area contributed by atoms with Crippen molar-refractivity contribution in [2.45, 2.75) is 25.7 Å². The molecule has 0 heterocycles. The summed E-state index contributed by atoms with van der Waals surface area (Å²) in [6, 6.07) is 0. The Morgan fingerprint density at radius 1 is 1.11 bits per heavy atom. The second-order valence-electron chi connectivity index (χ2n) is 2.10. The Balaban J connectivity index is 2.60. The van der Waals surface area contributed by atoms with Gasteiger partial charge in [0.15, 0.2) is 0 Å². The number of halogens is 1. The molecule has 2 heteroatoms. The molecule has 0 saturated heterocycles. The summed E-state index contributed by atoms with van der Waals surface area (Å²) >= 11 is 7.44. The predicted octanol–water partition coefficient (Wildman–Crippen LogP) is 3.15. The van der Waals surface area contributed by atoms with Gasteiger partial charge in [-0.3, -0.25) is 0 Å². The van der Waals surface area contributed by atoms with Gasteiger partial charge in [-0.15, -0.1) is 11.6 Å². The van der Waals surface area contributed by atoms with Gasteiger partial charge >= 0.3 is 0 Å². The first-order valence-electron chi connectivity index (χ1n) is 3.46. The van der Waals surface area contributed by atoms with Gasteiger partial charge in [0.1, 0.15) is 0 Å². The number of hydrogen-bond donors (Lipinski definition) is 0. The quantitative estimate of drug-likeness (QED) is 0.432. The highest BCUT2D eigenvalue weighted by atomic mass is 35.5. The fourth-order valence-corrected chi connectivity index (χ4v) is 1.38. The van der Waals surface area contributed by atoms with Crippen molar-refractivity contribution in [1.82, 2.24) is 0 Å². The van der Waals surface area contributed by atoms with Gasteiger partial charge in [-0.2, -0.15) is 11.8 Å². The van der Waals surface area contributed by atoms with Crippen molar-refractivity contribution >= 4 is 23.4 Å². The lowest BCUT2D eigenvalue weighted by Gasteiger charge is -1.95. The zero-order chi connectivity index (χ0) is 6.95. The summed E-state index contributed by atoms with van der Waals surface area (Å²) in [7, 11) is 0. The average molecular weight is 167 g/mol. The monoisotopic (exact) mass is 166 g/mol. The molecular formula is C7H15ClS. The molecule has 0 rings (SSSR count). The molecular weight excluding hydrogens is 152 g/mol. The molecule has 0 aromatic heterocycles. The first-order valence-corrected chi connectivity index (χ1v) is 5.39. The van der Waals surface area contributed by atoms with Gasteiger partial charge in [0.2, 0.25) is 0 Å². The SMILES string of the molecule is CSCCCCCCCl. The number of rotatable bonds is 6. The van der Waals surface area contributed by atoms with E-state index in [0.29, 0.717) is 0 Å². The molecule has 0 aromatic rings. The summed E-state index contributed by atoms with van der Waals surface area (Å²) in [6.45, 7) is 0.